The van der Waals surface area contributed by atoms with E-state index in [1.165, 1.54) is 17.4 Å². The number of H-pyrrole nitrogens is 1. The Morgan fingerprint density at radius 2 is 2.15 bits per heavy atom. The van der Waals surface area contributed by atoms with Gasteiger partial charge in [-0.25, -0.2) is 0 Å². The molecule has 0 radical (unpaired) electrons. The number of hydrogen-bond donors (Lipinski definition) is 3. The topological polar surface area (TPSA) is 70.9 Å². The number of aryl methyl sites for hydroxylation is 1. The third kappa shape index (κ3) is 2.70. The number of hydrogen-bond acceptors (Lipinski definition) is 2. The van der Waals surface area contributed by atoms with Gasteiger partial charge in [0.05, 0.1) is 0 Å². The van der Waals surface area contributed by atoms with Gasteiger partial charge in [0.25, 0.3) is 0 Å². The molecule has 4 N–H and O–H groups in total. The number of aromatic nitrogens is 1. The lowest BCUT2D eigenvalue weighted by Crippen LogP contribution is -2.54. The van der Waals surface area contributed by atoms with Crippen molar-refractivity contribution in [3.8, 4) is 0 Å². The van der Waals surface area contributed by atoms with E-state index in [0.29, 0.717) is 13.0 Å². The first-order valence-electron chi connectivity index (χ1n) is 7.27. The fourth-order valence-corrected chi connectivity index (χ4v) is 2.76. The van der Waals surface area contributed by atoms with E-state index < -0.39 is 0 Å². The summed E-state index contributed by atoms with van der Waals surface area (Å²) in [5.74, 6) is 0.0898. The molecule has 2 aromatic rings. The van der Waals surface area contributed by atoms with E-state index >= 15 is 0 Å². The fourth-order valence-electron chi connectivity index (χ4n) is 2.76. The molecule has 0 bridgehead atoms. The van der Waals surface area contributed by atoms with Gasteiger partial charge in [0.1, 0.15) is 0 Å². The predicted molar refractivity (Wildman–Crippen MR) is 80.4 cm³/mol. The van der Waals surface area contributed by atoms with Gasteiger partial charge in [-0.1, -0.05) is 18.2 Å². The average Bonchev–Trinajstić information content (AvgIpc) is 2.84. The van der Waals surface area contributed by atoms with Crippen molar-refractivity contribution in [3.63, 3.8) is 0 Å². The highest BCUT2D eigenvalue weighted by molar-refractivity contribution is 5.84. The molecule has 4 heteroatoms. The number of benzene rings is 1. The van der Waals surface area contributed by atoms with Crippen LogP contribution in [0.1, 0.15) is 31.2 Å². The van der Waals surface area contributed by atoms with Gasteiger partial charge in [-0.2, -0.15) is 0 Å². The Morgan fingerprint density at radius 1 is 1.35 bits per heavy atom. The van der Waals surface area contributed by atoms with Gasteiger partial charge in [-0.05, 0) is 37.3 Å². The average molecular weight is 271 g/mol. The SMILES string of the molecule is NC1(CNC(=O)CCc2c[nH]c3ccccc23)CCC1. The first kappa shape index (κ1) is 13.2. The minimum atomic E-state index is -0.142. The Morgan fingerprint density at radius 3 is 2.90 bits per heavy atom. The smallest absolute Gasteiger partial charge is 0.220 e. The maximum Gasteiger partial charge on any atom is 0.220 e. The van der Waals surface area contributed by atoms with Crippen molar-refractivity contribution in [2.45, 2.75) is 37.6 Å². The molecule has 106 valence electrons. The summed E-state index contributed by atoms with van der Waals surface area (Å²) in [4.78, 5) is 15.1. The minimum absolute atomic E-state index is 0.0898. The molecule has 1 aliphatic rings. The molecule has 0 aliphatic heterocycles. The Bertz CT molecular complexity index is 613. The van der Waals surface area contributed by atoms with Crippen molar-refractivity contribution in [2.24, 2.45) is 5.73 Å². The van der Waals surface area contributed by atoms with Crippen molar-refractivity contribution in [1.29, 1.82) is 0 Å². The number of amides is 1. The summed E-state index contributed by atoms with van der Waals surface area (Å²) in [5.41, 5.74) is 8.27. The van der Waals surface area contributed by atoms with Crippen LogP contribution in [0.5, 0.6) is 0 Å². The number of carbonyl (C=O) groups is 1. The molecular formula is C16H21N3O. The molecule has 1 aliphatic carbocycles. The fraction of sp³-hybridized carbons (Fsp3) is 0.438. The highest BCUT2D eigenvalue weighted by Gasteiger charge is 2.32. The molecule has 1 heterocycles. The van der Waals surface area contributed by atoms with Crippen molar-refractivity contribution in [2.75, 3.05) is 6.54 Å². The number of fused-ring (bicyclic) bond motifs is 1. The third-order valence-electron chi connectivity index (χ3n) is 4.28. The minimum Gasteiger partial charge on any atom is -0.361 e. The number of nitrogens with two attached hydrogens (primary N) is 1. The van der Waals surface area contributed by atoms with E-state index in [-0.39, 0.29) is 11.4 Å². The zero-order chi connectivity index (χ0) is 14.0. The molecular weight excluding hydrogens is 250 g/mol. The monoisotopic (exact) mass is 271 g/mol. The van der Waals surface area contributed by atoms with Gasteiger partial charge in [-0.3, -0.25) is 4.79 Å². The second kappa shape index (κ2) is 5.29. The van der Waals surface area contributed by atoms with Crippen LogP contribution >= 0.6 is 0 Å². The first-order chi connectivity index (χ1) is 9.66. The zero-order valence-corrected chi connectivity index (χ0v) is 11.6. The van der Waals surface area contributed by atoms with Gasteiger partial charge in [-0.15, -0.1) is 0 Å². The van der Waals surface area contributed by atoms with Crippen LogP contribution in [0.3, 0.4) is 0 Å². The summed E-state index contributed by atoms with van der Waals surface area (Å²) in [7, 11) is 0. The second-order valence-corrected chi connectivity index (χ2v) is 5.85. The summed E-state index contributed by atoms with van der Waals surface area (Å²) < 4.78 is 0. The van der Waals surface area contributed by atoms with Crippen LogP contribution in [0.15, 0.2) is 30.5 Å². The van der Waals surface area contributed by atoms with Crippen LogP contribution in [0.2, 0.25) is 0 Å². The Labute approximate surface area is 118 Å². The molecule has 4 nitrogen and oxygen atoms in total. The van der Waals surface area contributed by atoms with Crippen LogP contribution in [-0.4, -0.2) is 23.0 Å². The number of nitrogens with one attached hydrogen (secondary N) is 2. The van der Waals surface area contributed by atoms with Crippen molar-refractivity contribution in [1.82, 2.24) is 10.3 Å². The van der Waals surface area contributed by atoms with Gasteiger partial charge < -0.3 is 16.0 Å². The standard InChI is InChI=1S/C16H21N3O/c17-16(8-3-9-16)11-19-15(20)7-6-12-10-18-14-5-2-1-4-13(12)14/h1-2,4-5,10,18H,3,6-9,11,17H2,(H,19,20). The lowest BCUT2D eigenvalue weighted by atomic mass is 9.78. The van der Waals surface area contributed by atoms with Crippen LogP contribution < -0.4 is 11.1 Å². The van der Waals surface area contributed by atoms with Crippen LogP contribution in [0, 0.1) is 0 Å². The molecule has 0 atom stereocenters. The summed E-state index contributed by atoms with van der Waals surface area (Å²) >= 11 is 0. The van der Waals surface area contributed by atoms with E-state index in [2.05, 4.69) is 16.4 Å². The van der Waals surface area contributed by atoms with Gasteiger partial charge in [0.2, 0.25) is 5.91 Å². The molecule has 1 amide bonds. The lowest BCUT2D eigenvalue weighted by Gasteiger charge is -2.38. The Balaban J connectivity index is 1.52. The largest absolute Gasteiger partial charge is 0.361 e. The molecule has 0 spiro atoms. The lowest BCUT2D eigenvalue weighted by molar-refractivity contribution is -0.121. The van der Waals surface area contributed by atoms with E-state index in [1.54, 1.807) is 0 Å². The van der Waals surface area contributed by atoms with E-state index in [4.69, 9.17) is 5.73 Å². The van der Waals surface area contributed by atoms with Gasteiger partial charge in [0.15, 0.2) is 0 Å². The highest BCUT2D eigenvalue weighted by atomic mass is 16.1. The van der Waals surface area contributed by atoms with E-state index in [9.17, 15) is 4.79 Å². The van der Waals surface area contributed by atoms with Crippen molar-refractivity contribution >= 4 is 16.8 Å². The second-order valence-electron chi connectivity index (χ2n) is 5.85. The number of aromatic amines is 1. The third-order valence-corrected chi connectivity index (χ3v) is 4.28. The van der Waals surface area contributed by atoms with Gasteiger partial charge in [0, 0.05) is 35.6 Å². The Kier molecular flexibility index (Phi) is 3.49. The molecule has 1 aromatic carbocycles. The molecule has 1 fully saturated rings. The predicted octanol–water partition coefficient (Wildman–Crippen LogP) is 2.10. The quantitative estimate of drug-likeness (QED) is 0.779. The molecule has 3 rings (SSSR count). The maximum absolute atomic E-state index is 11.9. The molecule has 20 heavy (non-hydrogen) atoms. The van der Waals surface area contributed by atoms with E-state index in [1.807, 2.05) is 24.4 Å². The highest BCUT2D eigenvalue weighted by Crippen LogP contribution is 2.28. The molecule has 1 saturated carbocycles. The van der Waals surface area contributed by atoms with Crippen LogP contribution in [0.4, 0.5) is 0 Å². The summed E-state index contributed by atoms with van der Waals surface area (Å²) in [6.07, 6.45) is 6.49. The van der Waals surface area contributed by atoms with Crippen LogP contribution in [-0.2, 0) is 11.2 Å². The summed E-state index contributed by atoms with van der Waals surface area (Å²) in [6, 6.07) is 8.17. The van der Waals surface area contributed by atoms with Gasteiger partial charge >= 0.3 is 0 Å². The number of rotatable bonds is 5. The van der Waals surface area contributed by atoms with Crippen molar-refractivity contribution < 1.29 is 4.79 Å². The normalized spacial score (nSPS) is 16.9. The van der Waals surface area contributed by atoms with Crippen LogP contribution in [0.25, 0.3) is 10.9 Å². The number of para-hydroxylation sites is 1. The Hall–Kier alpha value is -1.81. The molecule has 1 aromatic heterocycles. The summed E-state index contributed by atoms with van der Waals surface area (Å²) in [5, 5.41) is 4.16. The molecule has 0 unspecified atom stereocenters. The zero-order valence-electron chi connectivity index (χ0n) is 11.6. The summed E-state index contributed by atoms with van der Waals surface area (Å²) in [6.45, 7) is 0.611. The van der Waals surface area contributed by atoms with E-state index in [0.717, 1.165) is 24.8 Å². The number of carbonyl (C=O) groups excluding carboxylic acids is 1. The molecule has 0 saturated heterocycles. The first-order valence-corrected chi connectivity index (χ1v) is 7.27. The van der Waals surface area contributed by atoms with Crippen molar-refractivity contribution in [3.05, 3.63) is 36.0 Å². The maximum atomic E-state index is 11.9.